The molecule has 0 radical (unpaired) electrons. The third-order valence-corrected chi connectivity index (χ3v) is 12.4. The molecule has 9 N–H and O–H groups in total. The second kappa shape index (κ2) is 34.2. The Morgan fingerprint density at radius 1 is 0.452 bits per heavy atom. The number of amides is 7. The van der Waals surface area contributed by atoms with Crippen LogP contribution in [0.2, 0.25) is 0 Å². The predicted octanol–water partition coefficient (Wildman–Crippen LogP) is 5.04. The van der Waals surface area contributed by atoms with Gasteiger partial charge in [-0.25, -0.2) is 4.79 Å². The molecule has 0 bridgehead atoms. The van der Waals surface area contributed by atoms with Crippen LogP contribution in [0, 0.1) is 35.5 Å². The SMILES string of the molecule is CC(C)CCCCCCCCCC1CC(=O)NC(CCC(=O)O)C(=O)NC(CC(C)C)C(=O)NC(CC(C)C)C(=O)NC(CC(C)C)C(=O)N[C@@H](CC(=O)O)C(=O)NC(CC(C)C)C(=O)N[C@@H](C(C)C)C(=O)O1. The molecule has 8 atom stereocenters. The number of aliphatic carboxylic acids is 2. The van der Waals surface area contributed by atoms with Crippen molar-refractivity contribution in [2.75, 3.05) is 0 Å². The number of carboxylic acid groups (broad SMARTS) is 2. The highest BCUT2D eigenvalue weighted by Crippen LogP contribution is 2.19. The average molecular weight is 1040 g/mol. The van der Waals surface area contributed by atoms with Gasteiger partial charge in [0.2, 0.25) is 41.4 Å². The van der Waals surface area contributed by atoms with Crippen molar-refractivity contribution in [2.24, 2.45) is 35.5 Å². The van der Waals surface area contributed by atoms with Gasteiger partial charge in [-0.05, 0) is 80.5 Å². The van der Waals surface area contributed by atoms with Crippen molar-refractivity contribution in [3.8, 4) is 0 Å². The lowest BCUT2D eigenvalue weighted by Crippen LogP contribution is -2.60. The van der Waals surface area contributed by atoms with E-state index in [1.807, 2.05) is 13.8 Å². The summed E-state index contributed by atoms with van der Waals surface area (Å²) in [5.41, 5.74) is 0. The van der Waals surface area contributed by atoms with Gasteiger partial charge in [0.15, 0.2) is 0 Å². The van der Waals surface area contributed by atoms with Gasteiger partial charge in [0, 0.05) is 6.42 Å². The van der Waals surface area contributed by atoms with Crippen molar-refractivity contribution in [3.05, 3.63) is 0 Å². The number of hydrogen-bond acceptors (Lipinski definition) is 11. The average Bonchev–Trinajstić information content (AvgIpc) is 3.26. The smallest absolute Gasteiger partial charge is 0.329 e. The number of hydrogen-bond donors (Lipinski definition) is 9. The largest absolute Gasteiger partial charge is 0.481 e. The summed E-state index contributed by atoms with van der Waals surface area (Å²) in [6.07, 6.45) is 4.95. The quantitative estimate of drug-likeness (QED) is 0.0453. The summed E-state index contributed by atoms with van der Waals surface area (Å²) < 4.78 is 6.01. The predicted molar refractivity (Wildman–Crippen MR) is 276 cm³/mol. The van der Waals surface area contributed by atoms with Gasteiger partial charge < -0.3 is 52.2 Å². The molecule has 1 heterocycles. The van der Waals surface area contributed by atoms with Crippen LogP contribution < -0.4 is 37.2 Å². The Morgan fingerprint density at radius 2 is 0.822 bits per heavy atom. The minimum atomic E-state index is -1.72. The zero-order valence-corrected chi connectivity index (χ0v) is 46.0. The lowest BCUT2D eigenvalue weighted by molar-refractivity contribution is -0.156. The van der Waals surface area contributed by atoms with Gasteiger partial charge in [-0.15, -0.1) is 0 Å². The molecule has 0 spiro atoms. The lowest BCUT2D eigenvalue weighted by Gasteiger charge is -2.29. The Labute approximate surface area is 434 Å². The van der Waals surface area contributed by atoms with Crippen molar-refractivity contribution < 1.29 is 62.9 Å². The molecule has 0 saturated carbocycles. The van der Waals surface area contributed by atoms with Gasteiger partial charge in [0.25, 0.3) is 0 Å². The number of ether oxygens (including phenoxy) is 1. The summed E-state index contributed by atoms with van der Waals surface area (Å²) in [5.74, 6) is -10.1. The fourth-order valence-electron chi connectivity index (χ4n) is 8.55. The number of carbonyl (C=O) groups is 10. The van der Waals surface area contributed by atoms with Crippen molar-refractivity contribution in [1.82, 2.24) is 37.2 Å². The van der Waals surface area contributed by atoms with E-state index < -0.39 is 133 Å². The van der Waals surface area contributed by atoms with Crippen LogP contribution in [-0.4, -0.2) is 118 Å². The van der Waals surface area contributed by atoms with Crippen LogP contribution in [0.1, 0.15) is 192 Å². The summed E-state index contributed by atoms with van der Waals surface area (Å²) in [7, 11) is 0. The first-order valence-electron chi connectivity index (χ1n) is 26.8. The number of esters is 1. The molecule has 1 aliphatic heterocycles. The molecule has 73 heavy (non-hydrogen) atoms. The van der Waals surface area contributed by atoms with Gasteiger partial charge in [-0.3, -0.25) is 43.2 Å². The second-order valence-electron chi connectivity index (χ2n) is 22.4. The maximum absolute atomic E-state index is 14.2. The van der Waals surface area contributed by atoms with Crippen LogP contribution in [-0.2, 0) is 52.7 Å². The fraction of sp³-hybridized carbons (Fsp3) is 0.811. The number of rotatable bonds is 24. The van der Waals surface area contributed by atoms with E-state index in [0.717, 1.165) is 44.9 Å². The van der Waals surface area contributed by atoms with E-state index in [2.05, 4.69) is 51.1 Å². The number of cyclic esters (lactones) is 1. The topological polar surface area (TPSA) is 305 Å². The molecule has 1 saturated heterocycles. The first-order valence-corrected chi connectivity index (χ1v) is 26.8. The molecular formula is C53H93N7O13. The van der Waals surface area contributed by atoms with E-state index in [4.69, 9.17) is 4.74 Å². The monoisotopic (exact) mass is 1040 g/mol. The van der Waals surface area contributed by atoms with Crippen molar-refractivity contribution >= 4 is 59.3 Å². The van der Waals surface area contributed by atoms with E-state index in [0.29, 0.717) is 12.3 Å². The van der Waals surface area contributed by atoms with Gasteiger partial charge >= 0.3 is 17.9 Å². The molecule has 0 aromatic heterocycles. The highest BCUT2D eigenvalue weighted by Gasteiger charge is 2.37. The summed E-state index contributed by atoms with van der Waals surface area (Å²) in [6, 6.07) is -9.64. The molecule has 7 amide bonds. The maximum Gasteiger partial charge on any atom is 0.329 e. The highest BCUT2D eigenvalue weighted by atomic mass is 16.5. The van der Waals surface area contributed by atoms with Crippen LogP contribution in [0.5, 0.6) is 0 Å². The summed E-state index contributed by atoms with van der Waals surface area (Å²) in [5, 5.41) is 37.9. The van der Waals surface area contributed by atoms with Crippen LogP contribution >= 0.6 is 0 Å². The molecule has 1 fully saturated rings. The lowest BCUT2D eigenvalue weighted by atomic mass is 9.98. The third kappa shape index (κ3) is 28.1. The maximum atomic E-state index is 14.2. The Kier molecular flexibility index (Phi) is 30.8. The number of carboxylic acids is 2. The first kappa shape index (κ1) is 65.7. The van der Waals surface area contributed by atoms with Crippen LogP contribution in [0.3, 0.4) is 0 Å². The zero-order chi connectivity index (χ0) is 55.5. The van der Waals surface area contributed by atoms with Crippen LogP contribution in [0.15, 0.2) is 0 Å². The number of carbonyl (C=O) groups excluding carboxylic acids is 8. The Bertz CT molecular complexity index is 1800. The number of unbranched alkanes of at least 4 members (excludes halogenated alkanes) is 6. The molecule has 418 valence electrons. The van der Waals surface area contributed by atoms with E-state index in [9.17, 15) is 58.2 Å². The van der Waals surface area contributed by atoms with Gasteiger partial charge in [0.05, 0.1) is 12.8 Å². The molecule has 0 aromatic rings. The van der Waals surface area contributed by atoms with Crippen molar-refractivity contribution in [3.63, 3.8) is 0 Å². The summed E-state index contributed by atoms with van der Waals surface area (Å²) in [6.45, 7) is 22.1. The van der Waals surface area contributed by atoms with Crippen LogP contribution in [0.25, 0.3) is 0 Å². The molecule has 1 aliphatic rings. The van der Waals surface area contributed by atoms with E-state index in [1.54, 1.807) is 55.4 Å². The normalized spacial score (nSPS) is 24.0. The van der Waals surface area contributed by atoms with E-state index in [1.165, 1.54) is 0 Å². The molecule has 0 aliphatic carbocycles. The molecule has 6 unspecified atom stereocenters. The molecule has 1 rings (SSSR count). The third-order valence-electron chi connectivity index (χ3n) is 12.4. The second-order valence-corrected chi connectivity index (χ2v) is 22.4. The molecule has 20 heteroatoms. The molecular weight excluding hydrogens is 943 g/mol. The standard InChI is InChI=1S/C53H93N7O13/c1-30(2)20-18-16-14-13-15-17-19-21-36-28-43(61)54-37(22-23-44(62)63)47(66)55-38(24-31(3)4)48(67)56-39(25-32(5)6)49(68)57-40(26-33(7)8)50(69)59-42(29-45(64)65)51(70)58-41(27-34(9)10)52(71)60-46(35(11)12)53(72)73-36/h30-42,46H,13-29H2,1-12H3,(H,54,61)(H,55,66)(H,56,67)(H,57,68)(H,58,70)(H,59,69)(H,60,71)(H,62,63)(H,64,65)/t36?,37?,38?,39?,40?,41?,42-,46-/m0/s1. The zero-order valence-electron chi connectivity index (χ0n) is 46.0. The molecule has 0 aromatic carbocycles. The summed E-state index contributed by atoms with van der Waals surface area (Å²) in [4.78, 5) is 137. The number of nitrogens with one attached hydrogen (secondary N) is 7. The highest BCUT2D eigenvalue weighted by molar-refractivity contribution is 5.98. The summed E-state index contributed by atoms with van der Waals surface area (Å²) >= 11 is 0. The van der Waals surface area contributed by atoms with Gasteiger partial charge in [-0.1, -0.05) is 128 Å². The van der Waals surface area contributed by atoms with Gasteiger partial charge in [0.1, 0.15) is 48.4 Å². The Balaban J connectivity index is 3.94. The minimum Gasteiger partial charge on any atom is -0.481 e. The first-order chi connectivity index (χ1) is 34.1. The van der Waals surface area contributed by atoms with E-state index >= 15 is 0 Å². The van der Waals surface area contributed by atoms with Gasteiger partial charge in [-0.2, -0.15) is 0 Å². The minimum absolute atomic E-state index is 0.0292. The van der Waals surface area contributed by atoms with Crippen molar-refractivity contribution in [2.45, 2.75) is 241 Å². The van der Waals surface area contributed by atoms with Crippen LogP contribution in [0.4, 0.5) is 0 Å². The molecule has 20 nitrogen and oxygen atoms in total. The fourth-order valence-corrected chi connectivity index (χ4v) is 8.55. The Hall–Kier alpha value is -5.30. The Morgan fingerprint density at radius 3 is 1.21 bits per heavy atom. The van der Waals surface area contributed by atoms with Crippen molar-refractivity contribution in [1.29, 1.82) is 0 Å². The van der Waals surface area contributed by atoms with E-state index in [-0.39, 0.29) is 62.2 Å².